The molecule has 0 atom stereocenters. The van der Waals surface area contributed by atoms with Gasteiger partial charge in [0.15, 0.2) is 0 Å². The van der Waals surface area contributed by atoms with E-state index in [1.165, 1.54) is 0 Å². The molecule has 19 heavy (non-hydrogen) atoms. The zero-order valence-electron chi connectivity index (χ0n) is 11.1. The smallest absolute Gasteiger partial charge is 0.243 e. The van der Waals surface area contributed by atoms with Crippen LogP contribution in [0.15, 0.2) is 24.3 Å². The van der Waals surface area contributed by atoms with Crippen LogP contribution in [0.5, 0.6) is 0 Å². The number of carbonyl (C=O) groups excluding carboxylic acids is 2. The van der Waals surface area contributed by atoms with Crippen molar-refractivity contribution in [3.05, 3.63) is 29.8 Å². The van der Waals surface area contributed by atoms with Gasteiger partial charge in [0.05, 0.1) is 17.8 Å². The summed E-state index contributed by atoms with van der Waals surface area (Å²) in [5.74, 6) is -0.249. The van der Waals surface area contributed by atoms with E-state index < -0.39 is 0 Å². The minimum atomic E-state index is -0.347. The van der Waals surface area contributed by atoms with E-state index in [-0.39, 0.29) is 24.3 Å². The molecule has 2 amide bonds. The summed E-state index contributed by atoms with van der Waals surface area (Å²) in [4.78, 5) is 23.0. The summed E-state index contributed by atoms with van der Waals surface area (Å²) in [5, 5.41) is 14.0. The average Bonchev–Trinajstić information content (AvgIpc) is 2.36. The maximum atomic E-state index is 11.6. The van der Waals surface area contributed by atoms with E-state index in [2.05, 4.69) is 10.6 Å². The Morgan fingerprint density at radius 1 is 1.26 bits per heavy atom. The van der Waals surface area contributed by atoms with Gasteiger partial charge in [0.25, 0.3) is 0 Å². The van der Waals surface area contributed by atoms with Crippen molar-refractivity contribution >= 4 is 17.5 Å². The second-order valence-electron chi connectivity index (χ2n) is 4.58. The lowest BCUT2D eigenvalue weighted by molar-refractivity contribution is -0.124. The van der Waals surface area contributed by atoms with E-state index in [0.717, 1.165) is 0 Å². The van der Waals surface area contributed by atoms with E-state index in [1.807, 2.05) is 19.9 Å². The SMILES string of the molecule is CC(C)CC(=O)NCC(=O)Nc1ccccc1C#N. The number of nitriles is 1. The van der Waals surface area contributed by atoms with Crippen molar-refractivity contribution in [2.24, 2.45) is 5.92 Å². The predicted molar refractivity (Wildman–Crippen MR) is 72.3 cm³/mol. The van der Waals surface area contributed by atoms with Crippen LogP contribution < -0.4 is 10.6 Å². The standard InChI is InChI=1S/C14H17N3O2/c1-10(2)7-13(18)16-9-14(19)17-12-6-4-3-5-11(12)8-15/h3-6,10H,7,9H2,1-2H3,(H,16,18)(H,17,19). The number of para-hydroxylation sites is 1. The molecule has 100 valence electrons. The highest BCUT2D eigenvalue weighted by molar-refractivity contribution is 5.95. The minimum absolute atomic E-state index is 0.0919. The number of rotatable bonds is 5. The predicted octanol–water partition coefficient (Wildman–Crippen LogP) is 1.66. The van der Waals surface area contributed by atoms with Crippen LogP contribution in [0.2, 0.25) is 0 Å². The van der Waals surface area contributed by atoms with Gasteiger partial charge < -0.3 is 10.6 Å². The Labute approximate surface area is 112 Å². The maximum absolute atomic E-state index is 11.6. The Morgan fingerprint density at radius 3 is 2.58 bits per heavy atom. The molecule has 0 aliphatic heterocycles. The molecule has 0 aliphatic carbocycles. The van der Waals surface area contributed by atoms with Crippen molar-refractivity contribution in [1.82, 2.24) is 5.32 Å². The van der Waals surface area contributed by atoms with Gasteiger partial charge in [-0.25, -0.2) is 0 Å². The topological polar surface area (TPSA) is 82.0 Å². The lowest BCUT2D eigenvalue weighted by Gasteiger charge is -2.09. The highest BCUT2D eigenvalue weighted by Crippen LogP contribution is 2.12. The normalized spacial score (nSPS) is 9.79. The molecule has 0 bridgehead atoms. The Bertz CT molecular complexity index is 504. The zero-order valence-corrected chi connectivity index (χ0v) is 11.1. The van der Waals surface area contributed by atoms with Crippen LogP contribution in [-0.4, -0.2) is 18.4 Å². The molecular weight excluding hydrogens is 242 g/mol. The first kappa shape index (κ1) is 14.7. The molecule has 1 rings (SSSR count). The number of nitrogens with zero attached hydrogens (tertiary/aromatic N) is 1. The molecular formula is C14H17N3O2. The van der Waals surface area contributed by atoms with Gasteiger partial charge in [-0.3, -0.25) is 9.59 Å². The van der Waals surface area contributed by atoms with E-state index >= 15 is 0 Å². The Balaban J connectivity index is 2.48. The molecule has 5 nitrogen and oxygen atoms in total. The first-order valence-electron chi connectivity index (χ1n) is 6.08. The molecule has 0 saturated carbocycles. The van der Waals surface area contributed by atoms with E-state index in [0.29, 0.717) is 17.7 Å². The summed E-state index contributed by atoms with van der Waals surface area (Å²) in [6.07, 6.45) is 0.391. The van der Waals surface area contributed by atoms with Crippen LogP contribution in [0.25, 0.3) is 0 Å². The molecule has 0 unspecified atom stereocenters. The molecule has 5 heteroatoms. The number of nitrogens with one attached hydrogen (secondary N) is 2. The van der Waals surface area contributed by atoms with E-state index in [4.69, 9.17) is 5.26 Å². The molecule has 2 N–H and O–H groups in total. The quantitative estimate of drug-likeness (QED) is 0.843. The fourth-order valence-electron chi connectivity index (χ4n) is 1.51. The fourth-order valence-corrected chi connectivity index (χ4v) is 1.51. The van der Waals surface area contributed by atoms with Crippen LogP contribution in [0.1, 0.15) is 25.8 Å². The van der Waals surface area contributed by atoms with Gasteiger partial charge in [-0.05, 0) is 18.1 Å². The van der Waals surface area contributed by atoms with Crippen LogP contribution in [-0.2, 0) is 9.59 Å². The molecule has 0 spiro atoms. The summed E-state index contributed by atoms with van der Waals surface area (Å²) in [6, 6.07) is 8.70. The van der Waals surface area contributed by atoms with Crippen LogP contribution in [0.4, 0.5) is 5.69 Å². The van der Waals surface area contributed by atoms with Crippen LogP contribution in [0.3, 0.4) is 0 Å². The first-order chi connectivity index (χ1) is 9.02. The highest BCUT2D eigenvalue weighted by Gasteiger charge is 2.09. The van der Waals surface area contributed by atoms with Gasteiger partial charge in [0.2, 0.25) is 11.8 Å². The first-order valence-corrected chi connectivity index (χ1v) is 6.08. The minimum Gasteiger partial charge on any atom is -0.347 e. The molecule has 0 saturated heterocycles. The average molecular weight is 259 g/mol. The second kappa shape index (κ2) is 7.17. The molecule has 0 aromatic heterocycles. The third kappa shape index (κ3) is 5.21. The Morgan fingerprint density at radius 2 is 1.95 bits per heavy atom. The van der Waals surface area contributed by atoms with Gasteiger partial charge in [0.1, 0.15) is 6.07 Å². The second-order valence-corrected chi connectivity index (χ2v) is 4.58. The maximum Gasteiger partial charge on any atom is 0.243 e. The lowest BCUT2D eigenvalue weighted by atomic mass is 10.1. The summed E-state index contributed by atoms with van der Waals surface area (Å²) >= 11 is 0. The third-order valence-electron chi connectivity index (χ3n) is 2.36. The Hall–Kier alpha value is -2.35. The summed E-state index contributed by atoms with van der Waals surface area (Å²) in [6.45, 7) is 3.77. The molecule has 0 aliphatic rings. The van der Waals surface area contributed by atoms with Crippen molar-refractivity contribution in [3.8, 4) is 6.07 Å². The number of anilines is 1. The monoisotopic (exact) mass is 259 g/mol. The molecule has 1 aromatic carbocycles. The Kier molecular flexibility index (Phi) is 5.55. The number of benzene rings is 1. The van der Waals surface area contributed by atoms with Gasteiger partial charge in [-0.15, -0.1) is 0 Å². The summed E-state index contributed by atoms with van der Waals surface area (Å²) in [7, 11) is 0. The lowest BCUT2D eigenvalue weighted by Crippen LogP contribution is -2.33. The largest absolute Gasteiger partial charge is 0.347 e. The third-order valence-corrected chi connectivity index (χ3v) is 2.36. The van der Waals surface area contributed by atoms with Gasteiger partial charge in [-0.1, -0.05) is 26.0 Å². The number of amides is 2. The van der Waals surface area contributed by atoms with Gasteiger partial charge in [-0.2, -0.15) is 5.26 Å². The molecule has 0 heterocycles. The van der Waals surface area contributed by atoms with Crippen molar-refractivity contribution in [2.75, 3.05) is 11.9 Å². The van der Waals surface area contributed by atoms with E-state index in [9.17, 15) is 9.59 Å². The molecule has 0 radical (unpaired) electrons. The molecule has 1 aromatic rings. The number of hydrogen-bond donors (Lipinski definition) is 2. The van der Waals surface area contributed by atoms with Crippen molar-refractivity contribution in [3.63, 3.8) is 0 Å². The zero-order chi connectivity index (χ0) is 14.3. The fraction of sp³-hybridized carbons (Fsp3) is 0.357. The molecule has 0 fully saturated rings. The van der Waals surface area contributed by atoms with E-state index in [1.54, 1.807) is 24.3 Å². The summed E-state index contributed by atoms with van der Waals surface area (Å²) in [5.41, 5.74) is 0.845. The number of hydrogen-bond acceptors (Lipinski definition) is 3. The van der Waals surface area contributed by atoms with Gasteiger partial charge >= 0.3 is 0 Å². The van der Waals surface area contributed by atoms with Crippen LogP contribution in [0, 0.1) is 17.2 Å². The highest BCUT2D eigenvalue weighted by atomic mass is 16.2. The van der Waals surface area contributed by atoms with Crippen molar-refractivity contribution < 1.29 is 9.59 Å². The van der Waals surface area contributed by atoms with Crippen molar-refractivity contribution in [2.45, 2.75) is 20.3 Å². The number of carbonyl (C=O) groups is 2. The van der Waals surface area contributed by atoms with Gasteiger partial charge in [0, 0.05) is 6.42 Å². The summed E-state index contributed by atoms with van der Waals surface area (Å²) < 4.78 is 0. The van der Waals surface area contributed by atoms with Crippen molar-refractivity contribution in [1.29, 1.82) is 5.26 Å². The van der Waals surface area contributed by atoms with Crippen LogP contribution >= 0.6 is 0 Å².